The molecule has 1 unspecified atom stereocenters. The topological polar surface area (TPSA) is 124 Å². The number of aromatic nitrogens is 4. The Kier molecular flexibility index (Phi) is 5.28. The molecule has 156 valence electrons. The van der Waals surface area contributed by atoms with E-state index in [1.54, 1.807) is 22.0 Å². The van der Waals surface area contributed by atoms with Gasteiger partial charge in [-0.1, -0.05) is 12.8 Å². The summed E-state index contributed by atoms with van der Waals surface area (Å²) in [4.78, 5) is 23.6. The number of sulfone groups is 1. The van der Waals surface area contributed by atoms with Crippen molar-refractivity contribution in [2.24, 2.45) is 0 Å². The van der Waals surface area contributed by atoms with Crippen LogP contribution >= 0.6 is 0 Å². The normalized spacial score (nSPS) is 22.1. The minimum atomic E-state index is -3.25. The van der Waals surface area contributed by atoms with Gasteiger partial charge in [0.05, 0.1) is 23.7 Å². The van der Waals surface area contributed by atoms with Gasteiger partial charge in [-0.05, 0) is 19.8 Å². The van der Waals surface area contributed by atoms with Crippen LogP contribution in [0.1, 0.15) is 66.3 Å². The number of carbonyl (C=O) groups is 1. The lowest BCUT2D eigenvalue weighted by atomic mass is 10.1. The highest BCUT2D eigenvalue weighted by molar-refractivity contribution is 7.91. The van der Waals surface area contributed by atoms with E-state index < -0.39 is 15.9 Å². The van der Waals surface area contributed by atoms with E-state index in [0.717, 1.165) is 25.7 Å². The van der Waals surface area contributed by atoms with Crippen molar-refractivity contribution < 1.29 is 13.2 Å². The molecule has 1 atom stereocenters. The molecular formula is C19H26N6O3S. The molecule has 4 rings (SSSR count). The molecule has 0 aromatic carbocycles. The Morgan fingerprint density at radius 2 is 2.03 bits per heavy atom. The average Bonchev–Trinajstić information content (AvgIpc) is 3.38. The van der Waals surface area contributed by atoms with Gasteiger partial charge in [-0.2, -0.15) is 5.10 Å². The smallest absolute Gasteiger partial charge is 0.259 e. The van der Waals surface area contributed by atoms with Crippen LogP contribution in [-0.4, -0.2) is 57.0 Å². The van der Waals surface area contributed by atoms with Crippen molar-refractivity contribution in [2.75, 3.05) is 23.8 Å². The van der Waals surface area contributed by atoms with Crippen molar-refractivity contribution >= 4 is 21.6 Å². The number of hydrogen-bond donors (Lipinski definition) is 1. The van der Waals surface area contributed by atoms with Crippen LogP contribution in [-0.2, 0) is 16.4 Å². The molecule has 2 N–H and O–H groups in total. The summed E-state index contributed by atoms with van der Waals surface area (Å²) in [6, 6.07) is -0.601. The lowest BCUT2D eigenvalue weighted by molar-refractivity contribution is 0.0697. The van der Waals surface area contributed by atoms with Gasteiger partial charge in [-0.15, -0.1) is 0 Å². The van der Waals surface area contributed by atoms with Gasteiger partial charge in [0, 0.05) is 37.0 Å². The first kappa shape index (κ1) is 19.8. The van der Waals surface area contributed by atoms with E-state index in [1.165, 1.54) is 6.20 Å². The summed E-state index contributed by atoms with van der Waals surface area (Å²) in [6.45, 7) is 2.71. The maximum atomic E-state index is 13.3. The molecule has 1 saturated heterocycles. The molecule has 1 amide bonds. The zero-order valence-corrected chi connectivity index (χ0v) is 17.3. The van der Waals surface area contributed by atoms with Crippen LogP contribution in [0, 0.1) is 0 Å². The van der Waals surface area contributed by atoms with Crippen LogP contribution in [0.15, 0.2) is 18.6 Å². The van der Waals surface area contributed by atoms with E-state index in [2.05, 4.69) is 15.1 Å². The average molecular weight is 419 g/mol. The third kappa shape index (κ3) is 3.98. The molecular weight excluding hydrogens is 392 g/mol. The fourth-order valence-electron chi connectivity index (χ4n) is 4.16. The summed E-state index contributed by atoms with van der Waals surface area (Å²) in [5.41, 5.74) is 7.05. The predicted octanol–water partition coefficient (Wildman–Crippen LogP) is 1.54. The number of aryl methyl sites for hydroxylation is 1. The van der Waals surface area contributed by atoms with E-state index in [4.69, 9.17) is 5.73 Å². The van der Waals surface area contributed by atoms with Gasteiger partial charge in [0.25, 0.3) is 5.91 Å². The molecule has 29 heavy (non-hydrogen) atoms. The molecule has 0 spiro atoms. The van der Waals surface area contributed by atoms with Crippen LogP contribution in [0.5, 0.6) is 0 Å². The molecule has 9 nitrogen and oxygen atoms in total. The maximum Gasteiger partial charge on any atom is 0.259 e. The second kappa shape index (κ2) is 7.74. The van der Waals surface area contributed by atoms with Crippen LogP contribution in [0.3, 0.4) is 0 Å². The largest absolute Gasteiger partial charge is 0.383 e. The van der Waals surface area contributed by atoms with Gasteiger partial charge < -0.3 is 10.6 Å². The minimum Gasteiger partial charge on any atom is -0.383 e. The van der Waals surface area contributed by atoms with Gasteiger partial charge in [-0.3, -0.25) is 9.48 Å². The molecule has 2 aliphatic rings. The number of amides is 1. The first-order valence-electron chi connectivity index (χ1n) is 10.0. The second-order valence-corrected chi connectivity index (χ2v) is 10.00. The number of nitrogens with two attached hydrogens (primary N) is 1. The van der Waals surface area contributed by atoms with Gasteiger partial charge >= 0.3 is 0 Å². The fourth-order valence-corrected chi connectivity index (χ4v) is 5.66. The minimum absolute atomic E-state index is 0.0714. The van der Waals surface area contributed by atoms with Gasteiger partial charge in [0.1, 0.15) is 17.2 Å². The number of nitrogens with zero attached hydrogens (tertiary/aromatic N) is 5. The Morgan fingerprint density at radius 3 is 2.69 bits per heavy atom. The Balaban J connectivity index is 1.63. The van der Waals surface area contributed by atoms with Gasteiger partial charge in [0.2, 0.25) is 0 Å². The van der Waals surface area contributed by atoms with Crippen LogP contribution in [0.4, 0.5) is 5.82 Å². The summed E-state index contributed by atoms with van der Waals surface area (Å²) >= 11 is 0. The molecule has 2 fully saturated rings. The van der Waals surface area contributed by atoms with Crippen molar-refractivity contribution in [3.63, 3.8) is 0 Å². The second-order valence-electron chi connectivity index (χ2n) is 7.77. The number of hydrogen-bond acceptors (Lipinski definition) is 7. The third-order valence-corrected chi connectivity index (χ3v) is 7.47. The molecule has 3 heterocycles. The SMILES string of the molecule is CCn1cc(C2CS(=O)(=O)CCN2C(=O)c2cnc(C3CCCC3)nc2N)cn1. The zero-order chi connectivity index (χ0) is 20.6. The molecule has 2 aromatic heterocycles. The number of rotatable bonds is 4. The first-order chi connectivity index (χ1) is 13.9. The van der Waals surface area contributed by atoms with E-state index in [9.17, 15) is 13.2 Å². The third-order valence-electron chi connectivity index (χ3n) is 5.84. The highest BCUT2D eigenvalue weighted by Crippen LogP contribution is 2.33. The van der Waals surface area contributed by atoms with Crippen LogP contribution < -0.4 is 5.73 Å². The summed E-state index contributed by atoms with van der Waals surface area (Å²) in [5, 5.41) is 4.23. The molecule has 10 heteroatoms. The van der Waals surface area contributed by atoms with Gasteiger partial charge in [0.15, 0.2) is 9.84 Å². The van der Waals surface area contributed by atoms with Crippen LogP contribution in [0.25, 0.3) is 0 Å². The van der Waals surface area contributed by atoms with Crippen molar-refractivity contribution in [1.82, 2.24) is 24.6 Å². The molecule has 2 aromatic rings. The standard InChI is InChI=1S/C19H26N6O3S/c1-2-24-11-14(9-22-24)16-12-29(27,28)8-7-25(16)19(26)15-10-21-18(23-17(15)20)13-5-3-4-6-13/h9-11,13,16H,2-8,12H2,1H3,(H2,20,21,23). The zero-order valence-electron chi connectivity index (χ0n) is 16.5. The Bertz CT molecular complexity index is 1010. The van der Waals surface area contributed by atoms with E-state index in [-0.39, 0.29) is 35.3 Å². The summed E-state index contributed by atoms with van der Waals surface area (Å²) in [5.74, 6) is 0.605. The molecule has 0 bridgehead atoms. The monoisotopic (exact) mass is 418 g/mol. The number of anilines is 1. The summed E-state index contributed by atoms with van der Waals surface area (Å²) in [6.07, 6.45) is 9.30. The van der Waals surface area contributed by atoms with E-state index >= 15 is 0 Å². The molecule has 0 radical (unpaired) electrons. The first-order valence-corrected chi connectivity index (χ1v) is 11.9. The molecule has 1 saturated carbocycles. The Labute approximate surface area is 170 Å². The number of carbonyl (C=O) groups excluding carboxylic acids is 1. The predicted molar refractivity (Wildman–Crippen MR) is 108 cm³/mol. The van der Waals surface area contributed by atoms with Crippen molar-refractivity contribution in [3.8, 4) is 0 Å². The quantitative estimate of drug-likeness (QED) is 0.798. The molecule has 1 aliphatic heterocycles. The van der Waals surface area contributed by atoms with Crippen molar-refractivity contribution in [1.29, 1.82) is 0 Å². The van der Waals surface area contributed by atoms with E-state index in [0.29, 0.717) is 23.9 Å². The Hall–Kier alpha value is -2.49. The summed E-state index contributed by atoms with van der Waals surface area (Å²) in [7, 11) is -3.25. The highest BCUT2D eigenvalue weighted by Gasteiger charge is 2.37. The lowest BCUT2D eigenvalue weighted by Gasteiger charge is -2.35. The lowest BCUT2D eigenvalue weighted by Crippen LogP contribution is -2.46. The maximum absolute atomic E-state index is 13.3. The van der Waals surface area contributed by atoms with Gasteiger partial charge in [-0.25, -0.2) is 18.4 Å². The fraction of sp³-hybridized carbons (Fsp3) is 0.579. The van der Waals surface area contributed by atoms with E-state index in [1.807, 2.05) is 6.92 Å². The van der Waals surface area contributed by atoms with Crippen molar-refractivity contribution in [3.05, 3.63) is 35.5 Å². The Morgan fingerprint density at radius 1 is 1.28 bits per heavy atom. The highest BCUT2D eigenvalue weighted by atomic mass is 32.2. The number of nitrogen functional groups attached to an aromatic ring is 1. The molecule has 1 aliphatic carbocycles. The van der Waals surface area contributed by atoms with Crippen LogP contribution in [0.2, 0.25) is 0 Å². The summed E-state index contributed by atoms with van der Waals surface area (Å²) < 4.78 is 26.2. The van der Waals surface area contributed by atoms with Crippen molar-refractivity contribution in [2.45, 2.75) is 51.1 Å².